The van der Waals surface area contributed by atoms with Gasteiger partial charge in [0.05, 0.1) is 4.90 Å². The van der Waals surface area contributed by atoms with Gasteiger partial charge in [-0.2, -0.15) is 4.31 Å². The first-order valence-corrected chi connectivity index (χ1v) is 9.11. The second kappa shape index (κ2) is 5.40. The van der Waals surface area contributed by atoms with Gasteiger partial charge >= 0.3 is 0 Å². The fraction of sp³-hybridized carbons (Fsp3) is 0.250. The average molecular weight is 319 g/mol. The summed E-state index contributed by atoms with van der Waals surface area (Å²) < 4.78 is 27.1. The Morgan fingerprint density at radius 2 is 1.81 bits per heavy atom. The van der Waals surface area contributed by atoms with Crippen molar-refractivity contribution in [2.75, 3.05) is 6.54 Å². The lowest BCUT2D eigenvalue weighted by Crippen LogP contribution is -2.30. The zero-order valence-electron chi connectivity index (χ0n) is 12.0. The number of rotatable bonds is 2. The predicted molar refractivity (Wildman–Crippen MR) is 86.7 cm³/mol. The maximum absolute atomic E-state index is 12.8. The van der Waals surface area contributed by atoms with Crippen molar-refractivity contribution in [3.8, 4) is 0 Å². The van der Waals surface area contributed by atoms with Crippen molar-refractivity contribution in [1.29, 1.82) is 0 Å². The van der Waals surface area contributed by atoms with Crippen LogP contribution in [0, 0.1) is 6.92 Å². The second-order valence-electron chi connectivity index (χ2n) is 5.27. The molecule has 1 aliphatic rings. The summed E-state index contributed by atoms with van der Waals surface area (Å²) in [6.07, 6.45) is 1.99. The molecule has 0 aliphatic carbocycles. The van der Waals surface area contributed by atoms with Gasteiger partial charge in [0.25, 0.3) is 0 Å². The molecule has 110 valence electrons. The molecule has 0 saturated carbocycles. The van der Waals surface area contributed by atoms with E-state index in [9.17, 15) is 8.42 Å². The lowest BCUT2D eigenvalue weighted by molar-refractivity contribution is 0.440. The third kappa shape index (κ3) is 2.69. The highest BCUT2D eigenvalue weighted by atomic mass is 32.2. The highest BCUT2D eigenvalue weighted by Crippen LogP contribution is 2.31. The van der Waals surface area contributed by atoms with E-state index in [2.05, 4.69) is 0 Å². The van der Waals surface area contributed by atoms with Gasteiger partial charge in [-0.1, -0.05) is 23.8 Å². The molecule has 3 rings (SSSR count). The lowest BCUT2D eigenvalue weighted by Gasteiger charge is -2.19. The van der Waals surface area contributed by atoms with E-state index >= 15 is 0 Å². The van der Waals surface area contributed by atoms with Gasteiger partial charge in [0.15, 0.2) is 0 Å². The maximum Gasteiger partial charge on any atom is 0.243 e. The molecule has 0 atom stereocenters. The first-order valence-electron chi connectivity index (χ1n) is 6.79. The fourth-order valence-corrected chi connectivity index (χ4v) is 4.71. The molecule has 0 saturated heterocycles. The van der Waals surface area contributed by atoms with E-state index in [4.69, 9.17) is 0 Å². The number of hydrogen-bond acceptors (Lipinski definition) is 3. The Labute approximate surface area is 129 Å². The summed E-state index contributed by atoms with van der Waals surface area (Å²) in [4.78, 5) is 1.55. The minimum atomic E-state index is -3.45. The number of allylic oxidation sites excluding steroid dienone is 1. The van der Waals surface area contributed by atoms with Gasteiger partial charge in [0.1, 0.15) is 0 Å². The third-order valence-corrected chi connectivity index (χ3v) is 6.63. The van der Waals surface area contributed by atoms with Crippen LogP contribution in [0.25, 0.3) is 5.57 Å². The summed E-state index contributed by atoms with van der Waals surface area (Å²) in [5, 5.41) is 2.02. The van der Waals surface area contributed by atoms with Gasteiger partial charge in [-0.05, 0) is 48.6 Å². The van der Waals surface area contributed by atoms with Crippen molar-refractivity contribution < 1.29 is 8.42 Å². The van der Waals surface area contributed by atoms with Crippen molar-refractivity contribution in [1.82, 2.24) is 4.31 Å². The number of sulfonamides is 1. The summed E-state index contributed by atoms with van der Waals surface area (Å²) in [7, 11) is -3.45. The van der Waals surface area contributed by atoms with E-state index < -0.39 is 10.0 Å². The number of thiophene rings is 1. The van der Waals surface area contributed by atoms with Crippen LogP contribution in [0.3, 0.4) is 0 Å². The van der Waals surface area contributed by atoms with Crippen LogP contribution in [-0.2, 0) is 16.6 Å². The molecule has 0 radical (unpaired) electrons. The zero-order chi connectivity index (χ0) is 15.0. The van der Waals surface area contributed by atoms with E-state index in [-0.39, 0.29) is 0 Å². The summed E-state index contributed by atoms with van der Waals surface area (Å²) in [5.41, 5.74) is 3.30. The van der Waals surface area contributed by atoms with Crippen molar-refractivity contribution in [2.45, 2.75) is 25.3 Å². The number of hydrogen-bond donors (Lipinski definition) is 0. The van der Waals surface area contributed by atoms with Crippen LogP contribution in [0.1, 0.15) is 22.9 Å². The molecule has 0 bridgehead atoms. The summed E-state index contributed by atoms with van der Waals surface area (Å²) in [6.45, 7) is 4.84. The first kappa shape index (κ1) is 14.5. The van der Waals surface area contributed by atoms with Crippen LogP contribution in [-0.4, -0.2) is 19.3 Å². The molecule has 5 heteroatoms. The molecule has 1 aromatic heterocycles. The van der Waals surface area contributed by atoms with Crippen molar-refractivity contribution >= 4 is 26.9 Å². The molecular weight excluding hydrogens is 302 g/mol. The molecule has 0 fully saturated rings. The molecule has 21 heavy (non-hydrogen) atoms. The number of fused-ring (bicyclic) bond motifs is 1. The standard InChI is InChI=1S/C16H17NO2S2/c1-12-3-5-15(6-4-12)21(18,19)17-9-7-13(2)16-14(11-17)8-10-20-16/h3-8,10H,9,11H2,1-2H3. The first-order chi connectivity index (χ1) is 9.98. The Kier molecular flexibility index (Phi) is 3.73. The van der Waals surface area contributed by atoms with Crippen molar-refractivity contribution in [2.24, 2.45) is 0 Å². The molecule has 2 heterocycles. The van der Waals surface area contributed by atoms with E-state index in [1.807, 2.05) is 43.5 Å². The summed E-state index contributed by atoms with van der Waals surface area (Å²) >= 11 is 1.67. The third-order valence-electron chi connectivity index (χ3n) is 3.71. The van der Waals surface area contributed by atoms with Crippen LogP contribution in [0.2, 0.25) is 0 Å². The largest absolute Gasteiger partial charge is 0.243 e. The Morgan fingerprint density at radius 1 is 1.10 bits per heavy atom. The topological polar surface area (TPSA) is 37.4 Å². The number of nitrogens with zero attached hydrogens (tertiary/aromatic N) is 1. The quantitative estimate of drug-likeness (QED) is 0.847. The summed E-state index contributed by atoms with van der Waals surface area (Å²) in [6, 6.07) is 9.05. The van der Waals surface area contributed by atoms with E-state index in [0.717, 1.165) is 16.7 Å². The van der Waals surface area contributed by atoms with Gasteiger partial charge in [-0.25, -0.2) is 8.42 Å². The molecule has 0 N–H and O–H groups in total. The average Bonchev–Trinajstić information content (AvgIpc) is 2.85. The number of aryl methyl sites for hydroxylation is 1. The van der Waals surface area contributed by atoms with E-state index in [1.54, 1.807) is 27.8 Å². The minimum absolute atomic E-state index is 0.359. The van der Waals surface area contributed by atoms with Gasteiger partial charge in [0.2, 0.25) is 10.0 Å². The fourth-order valence-electron chi connectivity index (χ4n) is 2.43. The maximum atomic E-state index is 12.8. The lowest BCUT2D eigenvalue weighted by atomic mass is 10.2. The van der Waals surface area contributed by atoms with Crippen LogP contribution in [0.5, 0.6) is 0 Å². The monoisotopic (exact) mass is 319 g/mol. The Hall–Kier alpha value is -1.43. The molecular formula is C16H17NO2S2. The van der Waals surface area contributed by atoms with Crippen LogP contribution < -0.4 is 0 Å². The highest BCUT2D eigenvalue weighted by Gasteiger charge is 2.26. The van der Waals surface area contributed by atoms with Crippen LogP contribution in [0.15, 0.2) is 46.7 Å². The molecule has 3 nitrogen and oxygen atoms in total. The van der Waals surface area contributed by atoms with Gasteiger partial charge < -0.3 is 0 Å². The van der Waals surface area contributed by atoms with E-state index in [1.165, 1.54) is 4.88 Å². The van der Waals surface area contributed by atoms with Gasteiger partial charge in [-0.3, -0.25) is 0 Å². The molecule has 1 aliphatic heterocycles. The Morgan fingerprint density at radius 3 is 2.52 bits per heavy atom. The highest BCUT2D eigenvalue weighted by molar-refractivity contribution is 7.89. The zero-order valence-corrected chi connectivity index (χ0v) is 13.7. The van der Waals surface area contributed by atoms with Gasteiger partial charge in [-0.15, -0.1) is 11.3 Å². The summed E-state index contributed by atoms with van der Waals surface area (Å²) in [5.74, 6) is 0. The predicted octanol–water partition coefficient (Wildman–Crippen LogP) is 3.66. The normalized spacial score (nSPS) is 16.2. The Balaban J connectivity index is 1.99. The minimum Gasteiger partial charge on any atom is -0.207 e. The van der Waals surface area contributed by atoms with Gasteiger partial charge in [0, 0.05) is 18.0 Å². The van der Waals surface area contributed by atoms with Crippen LogP contribution >= 0.6 is 11.3 Å². The van der Waals surface area contributed by atoms with Crippen molar-refractivity contribution in [3.05, 3.63) is 57.8 Å². The number of benzene rings is 1. The van der Waals surface area contributed by atoms with Crippen LogP contribution in [0.4, 0.5) is 0 Å². The smallest absolute Gasteiger partial charge is 0.207 e. The second-order valence-corrected chi connectivity index (χ2v) is 8.13. The van der Waals surface area contributed by atoms with Crippen molar-refractivity contribution in [3.63, 3.8) is 0 Å². The SMILES string of the molecule is CC1=CCN(S(=O)(=O)c2ccc(C)cc2)Cc2ccsc21. The molecule has 0 amide bonds. The molecule has 0 unspecified atom stereocenters. The Bertz CT molecular complexity index is 786. The van der Waals surface area contributed by atoms with E-state index in [0.29, 0.717) is 18.0 Å². The molecule has 1 aromatic carbocycles. The molecule has 2 aromatic rings. The molecule has 0 spiro atoms.